The van der Waals surface area contributed by atoms with Gasteiger partial charge in [0, 0.05) is 22.2 Å². The van der Waals surface area contributed by atoms with Gasteiger partial charge in [-0.2, -0.15) is 4.98 Å². The van der Waals surface area contributed by atoms with E-state index in [1.165, 1.54) is 0 Å². The summed E-state index contributed by atoms with van der Waals surface area (Å²) in [4.78, 5) is 17.9. The summed E-state index contributed by atoms with van der Waals surface area (Å²) in [7, 11) is 0. The molecule has 0 unspecified atom stereocenters. The van der Waals surface area contributed by atoms with Crippen molar-refractivity contribution in [2.75, 3.05) is 0 Å². The summed E-state index contributed by atoms with van der Waals surface area (Å²) in [6.45, 7) is 4.82. The smallest absolute Gasteiger partial charge is 0.259 e. The standard InChI is InChI=1S/C18H20N4O2S/c1-11-8-15(18-20-17(21-24-18)13-5-6-13)12(2)22(11)10-16(23)19-9-14-4-3-7-25-14/h3-4,7-8,13H,5-6,9-10H2,1-2H3,(H,19,23). The molecular weight excluding hydrogens is 336 g/mol. The lowest BCUT2D eigenvalue weighted by molar-refractivity contribution is -0.121. The zero-order chi connectivity index (χ0) is 17.4. The first-order chi connectivity index (χ1) is 12.1. The third kappa shape index (κ3) is 3.37. The molecule has 3 heterocycles. The van der Waals surface area contributed by atoms with Crippen LogP contribution in [-0.4, -0.2) is 20.6 Å². The maximum atomic E-state index is 12.3. The molecule has 0 atom stereocenters. The zero-order valence-corrected chi connectivity index (χ0v) is 15.1. The SMILES string of the molecule is Cc1cc(-c2nc(C3CC3)no2)c(C)n1CC(=O)NCc1cccs1. The highest BCUT2D eigenvalue weighted by Gasteiger charge is 2.29. The van der Waals surface area contributed by atoms with Gasteiger partial charge in [0.2, 0.25) is 5.91 Å². The normalized spacial score (nSPS) is 14.0. The van der Waals surface area contributed by atoms with Crippen LogP contribution in [0.5, 0.6) is 0 Å². The number of aryl methyl sites for hydroxylation is 1. The second-order valence-electron chi connectivity index (χ2n) is 6.46. The molecule has 0 radical (unpaired) electrons. The van der Waals surface area contributed by atoms with Crippen molar-refractivity contribution in [3.8, 4) is 11.5 Å². The average molecular weight is 356 g/mol. The molecule has 0 bridgehead atoms. The van der Waals surface area contributed by atoms with E-state index in [0.29, 0.717) is 18.4 Å². The molecule has 1 aliphatic rings. The number of nitrogens with one attached hydrogen (secondary N) is 1. The molecule has 4 rings (SSSR count). The fourth-order valence-electron chi connectivity index (χ4n) is 2.91. The summed E-state index contributed by atoms with van der Waals surface area (Å²) in [5, 5.41) is 9.05. The van der Waals surface area contributed by atoms with E-state index in [-0.39, 0.29) is 12.5 Å². The topological polar surface area (TPSA) is 73.0 Å². The Morgan fingerprint density at radius 2 is 2.28 bits per heavy atom. The number of aromatic nitrogens is 3. The van der Waals surface area contributed by atoms with Crippen molar-refractivity contribution in [2.45, 2.75) is 45.7 Å². The van der Waals surface area contributed by atoms with E-state index in [1.807, 2.05) is 42.0 Å². The van der Waals surface area contributed by atoms with E-state index < -0.39 is 0 Å². The van der Waals surface area contributed by atoms with Crippen LogP contribution in [0.1, 0.15) is 40.8 Å². The minimum atomic E-state index is -0.00838. The minimum Gasteiger partial charge on any atom is -0.350 e. The van der Waals surface area contributed by atoms with Crippen molar-refractivity contribution < 1.29 is 9.32 Å². The van der Waals surface area contributed by atoms with Gasteiger partial charge in [0.15, 0.2) is 5.82 Å². The fraction of sp³-hybridized carbons (Fsp3) is 0.389. The van der Waals surface area contributed by atoms with Crippen molar-refractivity contribution >= 4 is 17.2 Å². The Morgan fingerprint density at radius 1 is 1.44 bits per heavy atom. The summed E-state index contributed by atoms with van der Waals surface area (Å²) in [5.41, 5.74) is 2.88. The summed E-state index contributed by atoms with van der Waals surface area (Å²) in [6.07, 6.45) is 2.28. The van der Waals surface area contributed by atoms with Crippen LogP contribution in [0.4, 0.5) is 0 Å². The third-order valence-corrected chi connectivity index (χ3v) is 5.41. The summed E-state index contributed by atoms with van der Waals surface area (Å²) in [6, 6.07) is 6.01. The summed E-state index contributed by atoms with van der Waals surface area (Å²) in [5.74, 6) is 1.80. The van der Waals surface area contributed by atoms with Gasteiger partial charge in [-0.3, -0.25) is 4.79 Å². The van der Waals surface area contributed by atoms with Crippen LogP contribution < -0.4 is 5.32 Å². The number of hydrogen-bond acceptors (Lipinski definition) is 5. The first-order valence-electron chi connectivity index (χ1n) is 8.41. The maximum absolute atomic E-state index is 12.3. The number of hydrogen-bond donors (Lipinski definition) is 1. The molecule has 1 amide bonds. The van der Waals surface area contributed by atoms with E-state index in [2.05, 4.69) is 15.5 Å². The molecule has 0 spiro atoms. The fourth-order valence-corrected chi connectivity index (χ4v) is 3.56. The van der Waals surface area contributed by atoms with Gasteiger partial charge in [-0.1, -0.05) is 11.2 Å². The molecule has 130 valence electrons. The predicted molar refractivity (Wildman–Crippen MR) is 95.3 cm³/mol. The molecule has 3 aromatic heterocycles. The Bertz CT molecular complexity index is 890. The molecule has 0 saturated heterocycles. The van der Waals surface area contributed by atoms with E-state index in [1.54, 1.807) is 11.3 Å². The lowest BCUT2D eigenvalue weighted by atomic mass is 10.2. The number of thiophene rings is 1. The molecule has 1 aliphatic carbocycles. The second-order valence-corrected chi connectivity index (χ2v) is 7.49. The quantitative estimate of drug-likeness (QED) is 0.734. The van der Waals surface area contributed by atoms with Gasteiger partial charge < -0.3 is 14.4 Å². The highest BCUT2D eigenvalue weighted by atomic mass is 32.1. The largest absolute Gasteiger partial charge is 0.350 e. The van der Waals surface area contributed by atoms with Gasteiger partial charge in [0.05, 0.1) is 12.1 Å². The molecule has 25 heavy (non-hydrogen) atoms. The summed E-state index contributed by atoms with van der Waals surface area (Å²) < 4.78 is 7.42. The van der Waals surface area contributed by atoms with Crippen LogP contribution in [0.3, 0.4) is 0 Å². The van der Waals surface area contributed by atoms with Gasteiger partial charge >= 0.3 is 0 Å². The molecule has 1 fully saturated rings. The maximum Gasteiger partial charge on any atom is 0.259 e. The number of rotatable bonds is 6. The van der Waals surface area contributed by atoms with Gasteiger partial charge in [-0.25, -0.2) is 0 Å². The van der Waals surface area contributed by atoms with Gasteiger partial charge in [-0.15, -0.1) is 11.3 Å². The number of nitrogens with zero attached hydrogens (tertiary/aromatic N) is 3. The van der Waals surface area contributed by atoms with Crippen molar-refractivity contribution in [3.05, 3.63) is 45.7 Å². The molecule has 1 saturated carbocycles. The van der Waals surface area contributed by atoms with Crippen molar-refractivity contribution in [1.29, 1.82) is 0 Å². The van der Waals surface area contributed by atoms with Gasteiger partial charge in [0.1, 0.15) is 6.54 Å². The molecule has 7 heteroatoms. The first kappa shape index (κ1) is 16.1. The van der Waals surface area contributed by atoms with Crippen LogP contribution in [0.25, 0.3) is 11.5 Å². The molecule has 0 aromatic carbocycles. The molecule has 0 aliphatic heterocycles. The minimum absolute atomic E-state index is 0.00838. The van der Waals surface area contributed by atoms with Crippen LogP contribution in [-0.2, 0) is 17.9 Å². The lowest BCUT2D eigenvalue weighted by Gasteiger charge is -2.09. The summed E-state index contributed by atoms with van der Waals surface area (Å²) >= 11 is 1.64. The predicted octanol–water partition coefficient (Wildman–Crippen LogP) is 3.41. The molecule has 1 N–H and O–H groups in total. The Balaban J connectivity index is 1.48. The van der Waals surface area contributed by atoms with Crippen LogP contribution in [0.2, 0.25) is 0 Å². The van der Waals surface area contributed by atoms with Crippen molar-refractivity contribution in [1.82, 2.24) is 20.0 Å². The van der Waals surface area contributed by atoms with Crippen LogP contribution in [0, 0.1) is 13.8 Å². The number of carbonyl (C=O) groups is 1. The Labute approximate surface area is 149 Å². The third-order valence-electron chi connectivity index (χ3n) is 4.53. The van der Waals surface area contributed by atoms with E-state index in [0.717, 1.165) is 40.5 Å². The lowest BCUT2D eigenvalue weighted by Crippen LogP contribution is -2.27. The van der Waals surface area contributed by atoms with E-state index in [4.69, 9.17) is 4.52 Å². The molecule has 6 nitrogen and oxygen atoms in total. The van der Waals surface area contributed by atoms with Gasteiger partial charge in [0.25, 0.3) is 5.89 Å². The Kier molecular flexibility index (Phi) is 4.17. The number of carbonyl (C=O) groups excluding carboxylic acids is 1. The monoisotopic (exact) mass is 356 g/mol. The zero-order valence-electron chi connectivity index (χ0n) is 14.3. The highest BCUT2D eigenvalue weighted by molar-refractivity contribution is 7.09. The number of amides is 1. The van der Waals surface area contributed by atoms with E-state index in [9.17, 15) is 4.79 Å². The Morgan fingerprint density at radius 3 is 3.00 bits per heavy atom. The molecular formula is C18H20N4O2S. The van der Waals surface area contributed by atoms with Crippen LogP contribution in [0.15, 0.2) is 28.1 Å². The van der Waals surface area contributed by atoms with E-state index >= 15 is 0 Å². The van der Waals surface area contributed by atoms with Gasteiger partial charge in [-0.05, 0) is 44.2 Å². The Hall–Kier alpha value is -2.41. The van der Waals surface area contributed by atoms with Crippen LogP contribution >= 0.6 is 11.3 Å². The second kappa shape index (κ2) is 6.48. The van der Waals surface area contributed by atoms with Crippen molar-refractivity contribution in [2.24, 2.45) is 0 Å². The first-order valence-corrected chi connectivity index (χ1v) is 9.29. The highest BCUT2D eigenvalue weighted by Crippen LogP contribution is 2.39. The average Bonchev–Trinajstić information content (AvgIpc) is 3.02. The van der Waals surface area contributed by atoms with Crippen molar-refractivity contribution in [3.63, 3.8) is 0 Å². The molecule has 3 aromatic rings.